The van der Waals surface area contributed by atoms with Gasteiger partial charge in [-0.1, -0.05) is 0 Å². The molecule has 2 aliphatic rings. The van der Waals surface area contributed by atoms with Crippen molar-refractivity contribution in [2.24, 2.45) is 0 Å². The number of halogens is 1. The van der Waals surface area contributed by atoms with E-state index in [0.717, 1.165) is 6.07 Å². The Morgan fingerprint density at radius 1 is 1.38 bits per heavy atom. The Morgan fingerprint density at radius 3 is 2.76 bits per heavy atom. The lowest BCUT2D eigenvalue weighted by Crippen LogP contribution is -2.49. The third-order valence-corrected chi connectivity index (χ3v) is 3.81. The summed E-state index contributed by atoms with van der Waals surface area (Å²) >= 11 is 0. The maximum Gasteiger partial charge on any atom is 0.322 e. The zero-order valence-corrected chi connectivity index (χ0v) is 11.0. The molecule has 0 saturated carbocycles. The second kappa shape index (κ2) is 4.44. The van der Waals surface area contributed by atoms with Gasteiger partial charge in [-0.15, -0.1) is 0 Å². The van der Waals surface area contributed by atoms with Crippen LogP contribution in [0.2, 0.25) is 0 Å². The summed E-state index contributed by atoms with van der Waals surface area (Å²) in [6.45, 7) is 0.407. The molecule has 8 heteroatoms. The Bertz CT molecular complexity index is 663. The van der Waals surface area contributed by atoms with Crippen LogP contribution >= 0.6 is 0 Å². The van der Waals surface area contributed by atoms with Gasteiger partial charge in [-0.2, -0.15) is 0 Å². The van der Waals surface area contributed by atoms with Gasteiger partial charge in [0.05, 0.1) is 12.2 Å². The molecule has 1 atom stereocenters. The van der Waals surface area contributed by atoms with Crippen molar-refractivity contribution in [3.8, 4) is 0 Å². The summed E-state index contributed by atoms with van der Waals surface area (Å²) in [5.74, 6) is -1.37. The van der Waals surface area contributed by atoms with E-state index in [1.54, 1.807) is 0 Å². The Hall–Kier alpha value is -2.64. The normalized spacial score (nSPS) is 24.3. The average molecular weight is 292 g/mol. The van der Waals surface area contributed by atoms with E-state index >= 15 is 0 Å². The van der Waals surface area contributed by atoms with E-state index in [1.807, 2.05) is 0 Å². The Labute approximate surface area is 119 Å². The molecule has 1 unspecified atom stereocenters. The van der Waals surface area contributed by atoms with Crippen molar-refractivity contribution in [1.29, 1.82) is 0 Å². The van der Waals surface area contributed by atoms with Crippen molar-refractivity contribution in [3.05, 3.63) is 29.6 Å². The zero-order chi connectivity index (χ0) is 15.2. The highest BCUT2D eigenvalue weighted by molar-refractivity contribution is 6.08. The van der Waals surface area contributed by atoms with Crippen LogP contribution < -0.4 is 16.4 Å². The van der Waals surface area contributed by atoms with Crippen LogP contribution in [0.25, 0.3) is 0 Å². The topological polar surface area (TPSA) is 105 Å². The fourth-order valence-electron chi connectivity index (χ4n) is 2.66. The molecule has 2 saturated heterocycles. The number of amides is 4. The van der Waals surface area contributed by atoms with Crippen LogP contribution in [-0.2, 0) is 4.79 Å². The van der Waals surface area contributed by atoms with Crippen molar-refractivity contribution >= 4 is 23.5 Å². The molecule has 0 aromatic heterocycles. The summed E-state index contributed by atoms with van der Waals surface area (Å²) < 4.78 is 13.1. The summed E-state index contributed by atoms with van der Waals surface area (Å²) in [7, 11) is 0. The lowest BCUT2D eigenvalue weighted by Gasteiger charge is -2.21. The van der Waals surface area contributed by atoms with Crippen LogP contribution in [0.3, 0.4) is 0 Å². The number of nitrogens with zero attached hydrogens (tertiary/aromatic N) is 1. The molecule has 110 valence electrons. The van der Waals surface area contributed by atoms with E-state index in [4.69, 9.17) is 5.73 Å². The summed E-state index contributed by atoms with van der Waals surface area (Å²) in [4.78, 5) is 36.8. The smallest absolute Gasteiger partial charge is 0.322 e. The number of urea groups is 1. The SMILES string of the molecule is Nc1cc(C(=O)N2CCC3(C2)NC(=O)NC3=O)ccc1F. The molecule has 2 aliphatic heterocycles. The minimum Gasteiger partial charge on any atom is -0.396 e. The predicted octanol–water partition coefficient (Wildman–Crippen LogP) is -0.168. The summed E-state index contributed by atoms with van der Waals surface area (Å²) in [5.41, 5.74) is 4.53. The third kappa shape index (κ3) is 2.08. The second-order valence-corrected chi connectivity index (χ2v) is 5.20. The van der Waals surface area contributed by atoms with E-state index in [-0.39, 0.29) is 23.7 Å². The second-order valence-electron chi connectivity index (χ2n) is 5.20. The summed E-state index contributed by atoms with van der Waals surface area (Å²) in [5, 5.41) is 4.73. The number of nitrogens with two attached hydrogens (primary N) is 1. The van der Waals surface area contributed by atoms with Gasteiger partial charge < -0.3 is 16.0 Å². The van der Waals surface area contributed by atoms with Gasteiger partial charge in [0, 0.05) is 12.1 Å². The third-order valence-electron chi connectivity index (χ3n) is 3.81. The fraction of sp³-hybridized carbons (Fsp3) is 0.308. The van der Waals surface area contributed by atoms with E-state index in [2.05, 4.69) is 10.6 Å². The predicted molar refractivity (Wildman–Crippen MR) is 70.7 cm³/mol. The van der Waals surface area contributed by atoms with E-state index < -0.39 is 23.3 Å². The van der Waals surface area contributed by atoms with E-state index in [0.29, 0.717) is 13.0 Å². The molecular weight excluding hydrogens is 279 g/mol. The molecule has 2 heterocycles. The van der Waals surface area contributed by atoms with Gasteiger partial charge in [-0.3, -0.25) is 14.9 Å². The van der Waals surface area contributed by atoms with Gasteiger partial charge in [0.1, 0.15) is 11.4 Å². The highest BCUT2D eigenvalue weighted by Crippen LogP contribution is 2.26. The van der Waals surface area contributed by atoms with Crippen LogP contribution in [-0.4, -0.2) is 41.4 Å². The first-order valence-corrected chi connectivity index (χ1v) is 6.39. The monoisotopic (exact) mass is 292 g/mol. The zero-order valence-electron chi connectivity index (χ0n) is 11.0. The van der Waals surface area contributed by atoms with Crippen LogP contribution in [0, 0.1) is 5.82 Å². The number of likely N-dealkylation sites (tertiary alicyclic amines) is 1. The van der Waals surface area contributed by atoms with Crippen LogP contribution in [0.5, 0.6) is 0 Å². The number of benzene rings is 1. The number of nitrogens with one attached hydrogen (secondary N) is 2. The molecule has 4 amide bonds. The lowest BCUT2D eigenvalue weighted by molar-refractivity contribution is -0.123. The van der Waals surface area contributed by atoms with Crippen molar-refractivity contribution in [3.63, 3.8) is 0 Å². The Balaban J connectivity index is 1.80. The van der Waals surface area contributed by atoms with Crippen molar-refractivity contribution in [2.75, 3.05) is 18.8 Å². The van der Waals surface area contributed by atoms with Gasteiger partial charge in [0.2, 0.25) is 0 Å². The van der Waals surface area contributed by atoms with E-state index in [1.165, 1.54) is 17.0 Å². The highest BCUT2D eigenvalue weighted by Gasteiger charge is 2.51. The molecule has 0 bridgehead atoms. The Kier molecular flexibility index (Phi) is 2.82. The molecule has 7 nitrogen and oxygen atoms in total. The Morgan fingerprint density at radius 2 is 2.14 bits per heavy atom. The van der Waals surface area contributed by atoms with Crippen LogP contribution in [0.4, 0.5) is 14.9 Å². The molecule has 2 fully saturated rings. The fourth-order valence-corrected chi connectivity index (χ4v) is 2.66. The number of carbonyl (C=O) groups excluding carboxylic acids is 3. The first-order chi connectivity index (χ1) is 9.91. The molecule has 21 heavy (non-hydrogen) atoms. The molecule has 1 spiro atoms. The number of rotatable bonds is 1. The van der Waals surface area contributed by atoms with Gasteiger partial charge >= 0.3 is 6.03 Å². The van der Waals surface area contributed by atoms with E-state index in [9.17, 15) is 18.8 Å². The number of hydrogen-bond acceptors (Lipinski definition) is 4. The first-order valence-electron chi connectivity index (χ1n) is 6.39. The molecule has 3 rings (SSSR count). The standard InChI is InChI=1S/C13H13FN4O3/c14-8-2-1-7(5-9(8)15)10(19)18-4-3-13(6-18)11(20)16-12(21)17-13/h1-2,5H,3-4,6,15H2,(H2,16,17,20,21). The minimum absolute atomic E-state index is 0.0840. The first kappa shape index (κ1) is 13.3. The van der Waals surface area contributed by atoms with Crippen LogP contribution in [0.1, 0.15) is 16.8 Å². The number of carbonyl (C=O) groups is 3. The molecular formula is C13H13FN4O3. The largest absolute Gasteiger partial charge is 0.396 e. The number of nitrogen functional groups attached to an aromatic ring is 1. The maximum atomic E-state index is 13.1. The molecule has 1 aromatic rings. The molecule has 0 radical (unpaired) electrons. The number of imide groups is 1. The number of hydrogen-bond donors (Lipinski definition) is 3. The van der Waals surface area contributed by atoms with Crippen molar-refractivity contribution in [2.45, 2.75) is 12.0 Å². The lowest BCUT2D eigenvalue weighted by atomic mass is 9.99. The molecule has 4 N–H and O–H groups in total. The minimum atomic E-state index is -1.06. The van der Waals surface area contributed by atoms with Gasteiger partial charge in [0.15, 0.2) is 0 Å². The average Bonchev–Trinajstić information content (AvgIpc) is 2.97. The van der Waals surface area contributed by atoms with Crippen molar-refractivity contribution in [1.82, 2.24) is 15.5 Å². The maximum absolute atomic E-state index is 13.1. The molecule has 1 aromatic carbocycles. The quantitative estimate of drug-likeness (QED) is 0.494. The highest BCUT2D eigenvalue weighted by atomic mass is 19.1. The van der Waals surface area contributed by atoms with Gasteiger partial charge in [-0.05, 0) is 24.6 Å². The van der Waals surface area contributed by atoms with Gasteiger partial charge in [-0.25, -0.2) is 9.18 Å². The molecule has 0 aliphatic carbocycles. The summed E-state index contributed by atoms with van der Waals surface area (Å²) in [6, 6.07) is 3.17. The summed E-state index contributed by atoms with van der Waals surface area (Å²) in [6.07, 6.45) is 0.340. The number of anilines is 1. The van der Waals surface area contributed by atoms with Crippen molar-refractivity contribution < 1.29 is 18.8 Å². The van der Waals surface area contributed by atoms with Gasteiger partial charge in [0.25, 0.3) is 11.8 Å². The van der Waals surface area contributed by atoms with Crippen LogP contribution in [0.15, 0.2) is 18.2 Å².